The zero-order chi connectivity index (χ0) is 50.8. The maximum absolute atomic E-state index is 13.2. The number of non-ortho nitro benzene ring substituents is 2. The number of esters is 2. The van der Waals surface area contributed by atoms with E-state index in [-0.39, 0.29) is 22.2 Å². The Kier molecular flexibility index (Phi) is 13.4. The lowest BCUT2D eigenvalue weighted by atomic mass is 9.77. The van der Waals surface area contributed by atoms with E-state index < -0.39 is 21.8 Å². The molecule has 6 atom stereocenters. The van der Waals surface area contributed by atoms with E-state index in [1.165, 1.54) is 122 Å². The molecule has 0 aliphatic heterocycles. The van der Waals surface area contributed by atoms with Gasteiger partial charge in [-0.1, -0.05) is 158 Å². The van der Waals surface area contributed by atoms with Gasteiger partial charge in [0.25, 0.3) is 11.4 Å². The Morgan fingerprint density at radius 2 is 0.730 bits per heavy atom. The summed E-state index contributed by atoms with van der Waals surface area (Å²) in [6.07, 6.45) is 17.8. The highest BCUT2D eigenvalue weighted by atomic mass is 16.6. The second-order valence-corrected chi connectivity index (χ2v) is 20.6. The van der Waals surface area contributed by atoms with Crippen LogP contribution < -0.4 is 0 Å². The van der Waals surface area contributed by atoms with Gasteiger partial charge in [0.2, 0.25) is 0 Å². The lowest BCUT2D eigenvalue weighted by Crippen LogP contribution is -2.19. The molecule has 10 nitrogen and oxygen atoms in total. The number of nitro groups is 2. The Balaban J connectivity index is 0.000000159. The molecule has 2 unspecified atom stereocenters. The summed E-state index contributed by atoms with van der Waals surface area (Å²) in [5.74, 6) is 2.74. The van der Waals surface area contributed by atoms with Crippen molar-refractivity contribution in [1.29, 1.82) is 0 Å². The highest BCUT2D eigenvalue weighted by Crippen LogP contribution is 2.72. The molecule has 6 aromatic rings. The third kappa shape index (κ3) is 9.01. The second-order valence-electron chi connectivity index (χ2n) is 20.6. The van der Waals surface area contributed by atoms with E-state index in [1.54, 1.807) is 0 Å². The molecule has 0 saturated heterocycles. The van der Waals surface area contributed by atoms with Gasteiger partial charge in [-0.25, -0.2) is 9.59 Å². The number of carbonyl (C=O) groups excluding carboxylic acids is 2. The van der Waals surface area contributed by atoms with Crippen LogP contribution in [0.15, 0.2) is 205 Å². The minimum atomic E-state index is -0.502. The van der Waals surface area contributed by atoms with Crippen LogP contribution in [0.25, 0.3) is 11.1 Å². The summed E-state index contributed by atoms with van der Waals surface area (Å²) in [6.45, 7) is 0. The van der Waals surface area contributed by atoms with Gasteiger partial charge in [-0.15, -0.1) is 0 Å². The van der Waals surface area contributed by atoms with Crippen LogP contribution >= 0.6 is 0 Å². The highest BCUT2D eigenvalue weighted by Gasteiger charge is 2.67. The van der Waals surface area contributed by atoms with Crippen LogP contribution in [0.2, 0.25) is 0 Å². The van der Waals surface area contributed by atoms with Crippen molar-refractivity contribution in [3.63, 3.8) is 0 Å². The SMILES string of the molecule is O=C(OC1=C(c2ccccc2)CCC(C2(c3ccccc3)[C@@H]3CCCC[C@@H]32)=C1)c1ccc([N+](=O)[O-])cc1.O=C(OC1=C(c2ccccc2)CCC(C2(c3ccccc3)[C@@H]3CCCC[C@@H]32)=C1)c1ccc([N+](=O)[O-])cc1. The first-order valence-corrected chi connectivity index (χ1v) is 26.2. The van der Waals surface area contributed by atoms with Crippen LogP contribution in [0.4, 0.5) is 11.4 Å². The van der Waals surface area contributed by atoms with Crippen molar-refractivity contribution in [3.8, 4) is 0 Å². The van der Waals surface area contributed by atoms with E-state index in [1.807, 2.05) is 36.4 Å². The van der Waals surface area contributed by atoms with Gasteiger partial charge in [0.15, 0.2) is 0 Å². The quantitative estimate of drug-likeness (QED) is 0.0671. The highest BCUT2D eigenvalue weighted by molar-refractivity contribution is 5.92. The fourth-order valence-electron chi connectivity index (χ4n) is 13.7. The molecular weight excluding hydrogens is 925 g/mol. The molecule has 0 amide bonds. The number of fused-ring (bicyclic) bond motifs is 2. The number of benzene rings is 6. The molecule has 0 aromatic heterocycles. The Morgan fingerprint density at radius 3 is 1.04 bits per heavy atom. The van der Waals surface area contributed by atoms with Crippen molar-refractivity contribution in [3.05, 3.63) is 258 Å². The van der Waals surface area contributed by atoms with E-state index >= 15 is 0 Å². The Bertz CT molecular complexity index is 2970. The van der Waals surface area contributed by atoms with Crippen LogP contribution in [0.1, 0.15) is 120 Å². The number of rotatable bonds is 12. The summed E-state index contributed by atoms with van der Waals surface area (Å²) in [4.78, 5) is 47.5. The van der Waals surface area contributed by atoms with E-state index in [2.05, 4.69) is 97.1 Å². The molecule has 0 bridgehead atoms. The summed E-state index contributed by atoms with van der Waals surface area (Å²) >= 11 is 0. The number of hydrogen-bond acceptors (Lipinski definition) is 8. The molecule has 0 radical (unpaired) electrons. The predicted molar refractivity (Wildman–Crippen MR) is 286 cm³/mol. The first kappa shape index (κ1) is 48.3. The van der Waals surface area contributed by atoms with E-state index in [9.17, 15) is 29.8 Å². The van der Waals surface area contributed by atoms with Crippen LogP contribution in [-0.2, 0) is 20.3 Å². The number of nitrogens with zero attached hydrogens (tertiary/aromatic N) is 2. The van der Waals surface area contributed by atoms with Gasteiger partial charge in [-0.2, -0.15) is 0 Å². The van der Waals surface area contributed by atoms with Crippen molar-refractivity contribution < 1.29 is 28.9 Å². The van der Waals surface area contributed by atoms with Gasteiger partial charge < -0.3 is 9.47 Å². The van der Waals surface area contributed by atoms with Crippen LogP contribution in [0.5, 0.6) is 0 Å². The number of carbonyl (C=O) groups is 2. The maximum atomic E-state index is 13.2. The van der Waals surface area contributed by atoms with Gasteiger partial charge in [0.05, 0.1) is 21.0 Å². The van der Waals surface area contributed by atoms with Crippen LogP contribution in [0, 0.1) is 43.9 Å². The molecule has 10 heteroatoms. The van der Waals surface area contributed by atoms with E-state index in [0.29, 0.717) is 46.3 Å². The first-order valence-electron chi connectivity index (χ1n) is 26.2. The number of hydrogen-bond donors (Lipinski definition) is 0. The molecule has 0 N–H and O–H groups in total. The predicted octanol–water partition coefficient (Wildman–Crippen LogP) is 15.3. The molecule has 0 spiro atoms. The van der Waals surface area contributed by atoms with Crippen molar-refractivity contribution in [2.75, 3.05) is 0 Å². The topological polar surface area (TPSA) is 139 Å². The Hall–Kier alpha value is -7.98. The molecule has 12 rings (SSSR count). The maximum Gasteiger partial charge on any atom is 0.343 e. The molecule has 6 aliphatic carbocycles. The van der Waals surface area contributed by atoms with Crippen molar-refractivity contribution in [1.82, 2.24) is 0 Å². The fraction of sp³-hybridized carbons (Fsp3) is 0.281. The lowest BCUT2D eigenvalue weighted by Gasteiger charge is -2.28. The van der Waals surface area contributed by atoms with E-state index in [0.717, 1.165) is 48.0 Å². The molecule has 6 aromatic carbocycles. The van der Waals surface area contributed by atoms with Crippen molar-refractivity contribution >= 4 is 34.5 Å². The van der Waals surface area contributed by atoms with Crippen LogP contribution in [-0.4, -0.2) is 21.8 Å². The molecule has 6 aliphatic rings. The Labute approximate surface area is 431 Å². The van der Waals surface area contributed by atoms with Crippen molar-refractivity contribution in [2.45, 2.75) is 87.9 Å². The zero-order valence-corrected chi connectivity index (χ0v) is 41.3. The van der Waals surface area contributed by atoms with E-state index in [4.69, 9.17) is 9.47 Å². The minimum Gasteiger partial charge on any atom is -0.423 e. The lowest BCUT2D eigenvalue weighted by molar-refractivity contribution is -0.385. The fourth-order valence-corrected chi connectivity index (χ4v) is 13.7. The average molecular weight is 983 g/mol. The minimum absolute atomic E-state index is 0.0188. The number of nitro benzene ring substituents is 2. The molecule has 74 heavy (non-hydrogen) atoms. The van der Waals surface area contributed by atoms with Gasteiger partial charge in [-0.05, 0) is 134 Å². The third-order valence-corrected chi connectivity index (χ3v) is 17.0. The monoisotopic (exact) mass is 982 g/mol. The molecule has 372 valence electrons. The summed E-state index contributed by atoms with van der Waals surface area (Å²) in [5.41, 5.74) is 10.1. The molecule has 0 heterocycles. The van der Waals surface area contributed by atoms with Gasteiger partial charge in [-0.3, -0.25) is 20.2 Å². The summed E-state index contributed by atoms with van der Waals surface area (Å²) in [6, 6.07) is 53.1. The summed E-state index contributed by atoms with van der Waals surface area (Å²) in [5, 5.41) is 22.1. The smallest absolute Gasteiger partial charge is 0.343 e. The number of allylic oxidation sites excluding steroid dienone is 6. The molecule has 4 fully saturated rings. The third-order valence-electron chi connectivity index (χ3n) is 17.0. The average Bonchev–Trinajstić information content (AvgIpc) is 4.36. The van der Waals surface area contributed by atoms with Gasteiger partial charge in [0, 0.05) is 46.2 Å². The number of ether oxygens (including phenoxy) is 2. The van der Waals surface area contributed by atoms with Gasteiger partial charge >= 0.3 is 11.9 Å². The zero-order valence-electron chi connectivity index (χ0n) is 41.3. The van der Waals surface area contributed by atoms with Crippen LogP contribution in [0.3, 0.4) is 0 Å². The molecule has 4 saturated carbocycles. The molecular formula is C64H58N2O8. The largest absolute Gasteiger partial charge is 0.423 e. The normalized spacial score (nSPS) is 24.6. The summed E-state index contributed by atoms with van der Waals surface area (Å²) < 4.78 is 12.2. The first-order chi connectivity index (χ1) is 36.2. The Morgan fingerprint density at radius 1 is 0.419 bits per heavy atom. The van der Waals surface area contributed by atoms with Crippen molar-refractivity contribution in [2.24, 2.45) is 23.7 Å². The van der Waals surface area contributed by atoms with Gasteiger partial charge in [0.1, 0.15) is 11.5 Å². The second kappa shape index (κ2) is 20.5. The standard InChI is InChI=1S/2C32H29NO4/c2*34-31(23-15-18-26(19-16-23)33(35)36)37-30-21-25(17-20-27(30)22-9-3-1-4-10-22)32(24-11-5-2-6-12-24)28-13-7-8-14-29(28)32/h2*1-6,9-12,15-16,18-19,21,28-29H,7-8,13-14,17,20H2/t2*28-,29+,32?. The summed E-state index contributed by atoms with van der Waals surface area (Å²) in [7, 11) is 0.